The van der Waals surface area contributed by atoms with Crippen molar-refractivity contribution in [2.24, 2.45) is 27.6 Å². The van der Waals surface area contributed by atoms with Gasteiger partial charge in [-0.2, -0.15) is 0 Å². The first kappa shape index (κ1) is 16.1. The van der Waals surface area contributed by atoms with Gasteiger partial charge >= 0.3 is 0 Å². The summed E-state index contributed by atoms with van der Waals surface area (Å²) in [4.78, 5) is 0. The first-order valence-corrected chi connectivity index (χ1v) is 7.98. The molecule has 0 aromatic heterocycles. The fraction of sp³-hybridized carbons (Fsp3) is 1.00. The van der Waals surface area contributed by atoms with Crippen molar-refractivity contribution >= 4 is 0 Å². The Kier molecular flexibility index (Phi) is 4.04. The van der Waals surface area contributed by atoms with E-state index in [2.05, 4.69) is 62.3 Å². The van der Waals surface area contributed by atoms with E-state index in [1.807, 2.05) is 0 Å². The van der Waals surface area contributed by atoms with E-state index in [1.54, 1.807) is 0 Å². The van der Waals surface area contributed by atoms with Gasteiger partial charge < -0.3 is 0 Å². The molecule has 0 heterocycles. The van der Waals surface area contributed by atoms with Gasteiger partial charge in [0.2, 0.25) is 0 Å². The molecule has 3 unspecified atom stereocenters. The molecule has 0 amide bonds. The van der Waals surface area contributed by atoms with Gasteiger partial charge in [0.25, 0.3) is 0 Å². The number of hydrogen-bond acceptors (Lipinski definition) is 0. The molecule has 0 spiro atoms. The van der Waals surface area contributed by atoms with E-state index < -0.39 is 0 Å². The molecule has 0 heteroatoms. The standard InChI is InChI=1S/C18H36/c1-10-16(7)13-17(8,18(16,9)11-2)12-15(5,6)14(3)4/h14H,10-13H2,1-9H3. The van der Waals surface area contributed by atoms with Gasteiger partial charge in [-0.25, -0.2) is 0 Å². The molecular weight excluding hydrogens is 216 g/mol. The van der Waals surface area contributed by atoms with Gasteiger partial charge in [0.1, 0.15) is 0 Å². The Labute approximate surface area is 116 Å². The lowest BCUT2D eigenvalue weighted by atomic mass is 9.34. The van der Waals surface area contributed by atoms with Crippen LogP contribution >= 0.6 is 0 Å². The van der Waals surface area contributed by atoms with Crippen molar-refractivity contribution in [3.05, 3.63) is 0 Å². The predicted molar refractivity (Wildman–Crippen MR) is 82.8 cm³/mol. The van der Waals surface area contributed by atoms with Crippen molar-refractivity contribution in [1.82, 2.24) is 0 Å². The minimum Gasteiger partial charge on any atom is -0.0648 e. The van der Waals surface area contributed by atoms with E-state index >= 15 is 0 Å². The quantitative estimate of drug-likeness (QED) is 0.538. The van der Waals surface area contributed by atoms with E-state index in [0.717, 1.165) is 5.92 Å². The maximum absolute atomic E-state index is 2.55. The normalized spacial score (nSPS) is 41.0. The molecule has 0 saturated heterocycles. The highest BCUT2D eigenvalue weighted by Crippen LogP contribution is 2.73. The molecule has 1 saturated carbocycles. The van der Waals surface area contributed by atoms with Crippen LogP contribution in [0.3, 0.4) is 0 Å². The van der Waals surface area contributed by atoms with E-state index in [-0.39, 0.29) is 0 Å². The molecule has 0 radical (unpaired) electrons. The summed E-state index contributed by atoms with van der Waals surface area (Å²) in [6.45, 7) is 22.1. The van der Waals surface area contributed by atoms with Crippen LogP contribution in [0.5, 0.6) is 0 Å². The van der Waals surface area contributed by atoms with E-state index in [9.17, 15) is 0 Å². The van der Waals surface area contributed by atoms with Crippen LogP contribution in [-0.2, 0) is 0 Å². The zero-order valence-corrected chi connectivity index (χ0v) is 14.4. The van der Waals surface area contributed by atoms with Crippen molar-refractivity contribution in [3.63, 3.8) is 0 Å². The van der Waals surface area contributed by atoms with Crippen molar-refractivity contribution in [2.75, 3.05) is 0 Å². The number of rotatable bonds is 5. The fourth-order valence-electron chi connectivity index (χ4n) is 4.71. The van der Waals surface area contributed by atoms with Crippen LogP contribution in [0.1, 0.15) is 88.0 Å². The van der Waals surface area contributed by atoms with E-state index in [4.69, 9.17) is 0 Å². The molecule has 1 rings (SSSR count). The Morgan fingerprint density at radius 3 is 1.78 bits per heavy atom. The van der Waals surface area contributed by atoms with E-state index in [1.165, 1.54) is 25.7 Å². The van der Waals surface area contributed by atoms with Gasteiger partial charge in [0.15, 0.2) is 0 Å². The number of hydrogen-bond donors (Lipinski definition) is 0. The third-order valence-corrected chi connectivity index (χ3v) is 7.34. The maximum atomic E-state index is 2.55. The summed E-state index contributed by atoms with van der Waals surface area (Å²) in [6, 6.07) is 0. The Hall–Kier alpha value is 0. The Balaban J connectivity index is 2.97. The summed E-state index contributed by atoms with van der Waals surface area (Å²) < 4.78 is 0. The van der Waals surface area contributed by atoms with Gasteiger partial charge in [-0.15, -0.1) is 0 Å². The molecule has 18 heavy (non-hydrogen) atoms. The molecule has 0 bridgehead atoms. The van der Waals surface area contributed by atoms with Crippen LogP contribution in [0, 0.1) is 27.6 Å². The third-order valence-electron chi connectivity index (χ3n) is 7.34. The van der Waals surface area contributed by atoms with Crippen molar-refractivity contribution in [1.29, 1.82) is 0 Å². The highest BCUT2D eigenvalue weighted by molar-refractivity contribution is 5.14. The second-order valence-corrected chi connectivity index (χ2v) is 8.66. The van der Waals surface area contributed by atoms with Gasteiger partial charge in [0, 0.05) is 0 Å². The molecular formula is C18H36. The lowest BCUT2D eigenvalue weighted by Crippen LogP contribution is -2.62. The minimum absolute atomic E-state index is 0.459. The summed E-state index contributed by atoms with van der Waals surface area (Å²) in [7, 11) is 0. The van der Waals surface area contributed by atoms with E-state index in [0.29, 0.717) is 21.7 Å². The van der Waals surface area contributed by atoms with Gasteiger partial charge in [-0.3, -0.25) is 0 Å². The van der Waals surface area contributed by atoms with Crippen LogP contribution in [0.15, 0.2) is 0 Å². The molecule has 0 aromatic rings. The average Bonchev–Trinajstić information content (AvgIpc) is 2.26. The molecule has 0 aromatic carbocycles. The monoisotopic (exact) mass is 252 g/mol. The molecule has 1 aliphatic rings. The second-order valence-electron chi connectivity index (χ2n) is 8.66. The summed E-state index contributed by atoms with van der Waals surface area (Å²) in [5.41, 5.74) is 2.06. The lowest BCUT2D eigenvalue weighted by Gasteiger charge is -2.70. The zero-order chi connectivity index (χ0) is 14.4. The van der Waals surface area contributed by atoms with Gasteiger partial charge in [-0.1, -0.05) is 68.7 Å². The fourth-order valence-corrected chi connectivity index (χ4v) is 4.71. The maximum Gasteiger partial charge on any atom is -0.0220 e. The third kappa shape index (κ3) is 2.04. The molecule has 1 aliphatic carbocycles. The first-order valence-electron chi connectivity index (χ1n) is 7.98. The molecule has 108 valence electrons. The summed E-state index contributed by atoms with van der Waals surface area (Å²) in [5, 5.41) is 0. The first-order chi connectivity index (χ1) is 7.98. The van der Waals surface area contributed by atoms with Crippen LogP contribution in [0.25, 0.3) is 0 Å². The molecule has 0 nitrogen and oxygen atoms in total. The van der Waals surface area contributed by atoms with Gasteiger partial charge in [-0.05, 0) is 46.8 Å². The Morgan fingerprint density at radius 1 is 0.944 bits per heavy atom. The molecule has 0 aliphatic heterocycles. The average molecular weight is 252 g/mol. The largest absolute Gasteiger partial charge is 0.0648 e. The van der Waals surface area contributed by atoms with Crippen LogP contribution in [-0.4, -0.2) is 0 Å². The smallest absolute Gasteiger partial charge is 0.0220 e. The topological polar surface area (TPSA) is 0 Å². The minimum atomic E-state index is 0.459. The summed E-state index contributed by atoms with van der Waals surface area (Å²) in [6.07, 6.45) is 5.44. The molecule has 1 fully saturated rings. The van der Waals surface area contributed by atoms with Crippen molar-refractivity contribution in [3.8, 4) is 0 Å². The molecule has 0 N–H and O–H groups in total. The van der Waals surface area contributed by atoms with Crippen molar-refractivity contribution in [2.45, 2.75) is 88.0 Å². The lowest BCUT2D eigenvalue weighted by molar-refractivity contribution is -0.212. The highest BCUT2D eigenvalue weighted by Gasteiger charge is 2.65. The summed E-state index contributed by atoms with van der Waals surface area (Å²) >= 11 is 0. The highest BCUT2D eigenvalue weighted by atomic mass is 14.7. The van der Waals surface area contributed by atoms with Crippen LogP contribution < -0.4 is 0 Å². The SMILES string of the molecule is CCC1(C)CC(C)(CC(C)(C)C(C)C)C1(C)CC. The zero-order valence-electron chi connectivity index (χ0n) is 14.4. The second kappa shape index (κ2) is 4.53. The molecule has 3 atom stereocenters. The van der Waals surface area contributed by atoms with Crippen molar-refractivity contribution < 1.29 is 0 Å². The van der Waals surface area contributed by atoms with Crippen LogP contribution in [0.2, 0.25) is 0 Å². The Bertz CT molecular complexity index is 301. The predicted octanol–water partition coefficient (Wildman–Crippen LogP) is 6.30. The van der Waals surface area contributed by atoms with Crippen LogP contribution in [0.4, 0.5) is 0 Å². The Morgan fingerprint density at radius 2 is 1.44 bits per heavy atom. The summed E-state index contributed by atoms with van der Waals surface area (Å²) in [5.74, 6) is 0.768. The van der Waals surface area contributed by atoms with Gasteiger partial charge in [0.05, 0.1) is 0 Å².